The van der Waals surface area contributed by atoms with E-state index in [4.69, 9.17) is 11.6 Å². The molecule has 5 nitrogen and oxygen atoms in total. The molecule has 1 N–H and O–H groups in total. The van der Waals surface area contributed by atoms with Crippen LogP contribution in [0.5, 0.6) is 0 Å². The molecule has 0 radical (unpaired) electrons. The summed E-state index contributed by atoms with van der Waals surface area (Å²) in [5.74, 6) is -0.363. The van der Waals surface area contributed by atoms with Crippen molar-refractivity contribution >= 4 is 45.0 Å². The number of halogens is 1. The first-order valence-electron chi connectivity index (χ1n) is 8.20. The van der Waals surface area contributed by atoms with Crippen molar-refractivity contribution in [2.24, 2.45) is 0 Å². The van der Waals surface area contributed by atoms with Crippen LogP contribution in [0, 0.1) is 0 Å². The van der Waals surface area contributed by atoms with Crippen molar-refractivity contribution < 1.29 is 9.59 Å². The molecule has 134 valence electrons. The number of nitrogens with one attached hydrogen (secondary N) is 1. The van der Waals surface area contributed by atoms with Crippen LogP contribution in [-0.4, -0.2) is 34.8 Å². The number of nitrogens with zero attached hydrogens (tertiary/aromatic N) is 2. The molecule has 3 aromatic rings. The van der Waals surface area contributed by atoms with Gasteiger partial charge in [0.15, 0.2) is 0 Å². The molecule has 0 saturated heterocycles. The summed E-state index contributed by atoms with van der Waals surface area (Å²) < 4.78 is 0.957. The van der Waals surface area contributed by atoms with Crippen molar-refractivity contribution in [2.75, 3.05) is 13.1 Å². The van der Waals surface area contributed by atoms with Crippen LogP contribution in [0.15, 0.2) is 48.0 Å². The molecule has 0 aliphatic rings. The summed E-state index contributed by atoms with van der Waals surface area (Å²) in [5, 5.41) is 3.48. The number of rotatable bonds is 6. The van der Waals surface area contributed by atoms with E-state index in [-0.39, 0.29) is 18.4 Å². The van der Waals surface area contributed by atoms with E-state index in [9.17, 15) is 9.59 Å². The summed E-state index contributed by atoms with van der Waals surface area (Å²) in [4.78, 5) is 30.7. The Hall–Kier alpha value is -2.44. The zero-order valence-corrected chi connectivity index (χ0v) is 15.8. The van der Waals surface area contributed by atoms with Gasteiger partial charge in [0.25, 0.3) is 5.91 Å². The van der Waals surface area contributed by atoms with E-state index in [1.165, 1.54) is 16.2 Å². The number of hydrogen-bond acceptors (Lipinski definition) is 4. The number of fused-ring (bicyclic) bond motifs is 1. The first kappa shape index (κ1) is 18.4. The minimum Gasteiger partial charge on any atom is -0.350 e. The van der Waals surface area contributed by atoms with Crippen molar-refractivity contribution in [1.82, 2.24) is 15.2 Å². The highest BCUT2D eigenvalue weighted by atomic mass is 35.5. The van der Waals surface area contributed by atoms with E-state index >= 15 is 0 Å². The Bertz CT molecular complexity index is 924. The number of carbonyl (C=O) groups excluding carboxylic acids is 2. The summed E-state index contributed by atoms with van der Waals surface area (Å²) in [7, 11) is 0. The van der Waals surface area contributed by atoms with Gasteiger partial charge in [0.1, 0.15) is 0 Å². The SMILES string of the molecule is CCN(CC(=O)NCc1ccc(Cl)cc1)C(=O)c1ccc2ncsc2c1. The first-order valence-corrected chi connectivity index (χ1v) is 9.46. The highest BCUT2D eigenvalue weighted by Crippen LogP contribution is 2.20. The quantitative estimate of drug-likeness (QED) is 0.701. The molecule has 0 unspecified atom stereocenters. The second-order valence-electron chi connectivity index (χ2n) is 5.76. The maximum absolute atomic E-state index is 12.7. The Morgan fingerprint density at radius 3 is 2.69 bits per heavy atom. The molecule has 0 bridgehead atoms. The average Bonchev–Trinajstić information content (AvgIpc) is 3.13. The molecule has 0 saturated carbocycles. The van der Waals surface area contributed by atoms with Crippen LogP contribution in [0.2, 0.25) is 5.02 Å². The lowest BCUT2D eigenvalue weighted by Crippen LogP contribution is -2.40. The molecule has 0 spiro atoms. The average molecular weight is 388 g/mol. The smallest absolute Gasteiger partial charge is 0.254 e. The number of likely N-dealkylation sites (N-methyl/N-ethyl adjacent to an activating group) is 1. The highest BCUT2D eigenvalue weighted by Gasteiger charge is 2.18. The summed E-state index contributed by atoms with van der Waals surface area (Å²) >= 11 is 7.34. The normalized spacial score (nSPS) is 10.7. The molecular formula is C19H18ClN3O2S. The van der Waals surface area contributed by atoms with Crippen LogP contribution in [0.1, 0.15) is 22.8 Å². The van der Waals surface area contributed by atoms with Gasteiger partial charge in [-0.05, 0) is 42.8 Å². The molecule has 1 heterocycles. The third-order valence-corrected chi connectivity index (χ3v) is 5.03. The van der Waals surface area contributed by atoms with Gasteiger partial charge >= 0.3 is 0 Å². The number of benzene rings is 2. The first-order chi connectivity index (χ1) is 12.6. The van der Waals surface area contributed by atoms with E-state index in [2.05, 4.69) is 10.3 Å². The molecule has 2 aromatic carbocycles. The number of hydrogen-bond donors (Lipinski definition) is 1. The van der Waals surface area contributed by atoms with Gasteiger partial charge in [-0.2, -0.15) is 0 Å². The van der Waals surface area contributed by atoms with Gasteiger partial charge in [-0.1, -0.05) is 23.7 Å². The Balaban J connectivity index is 1.61. The molecule has 1 aromatic heterocycles. The predicted octanol–water partition coefficient (Wildman–Crippen LogP) is 3.73. The summed E-state index contributed by atoms with van der Waals surface area (Å²) in [6.07, 6.45) is 0. The number of aromatic nitrogens is 1. The number of amides is 2. The van der Waals surface area contributed by atoms with Crippen LogP contribution in [0.25, 0.3) is 10.2 Å². The van der Waals surface area contributed by atoms with Gasteiger partial charge in [0.05, 0.1) is 22.3 Å². The van der Waals surface area contributed by atoms with E-state index in [1.807, 2.05) is 31.2 Å². The summed E-state index contributed by atoms with van der Waals surface area (Å²) in [6.45, 7) is 2.72. The van der Waals surface area contributed by atoms with Gasteiger partial charge in [-0.15, -0.1) is 11.3 Å². The predicted molar refractivity (Wildman–Crippen MR) is 104 cm³/mol. The third-order valence-electron chi connectivity index (χ3n) is 3.98. The van der Waals surface area contributed by atoms with Crippen molar-refractivity contribution in [2.45, 2.75) is 13.5 Å². The van der Waals surface area contributed by atoms with Crippen molar-refractivity contribution in [3.05, 3.63) is 64.1 Å². The van der Waals surface area contributed by atoms with Gasteiger partial charge in [0, 0.05) is 23.7 Å². The molecule has 3 rings (SSSR count). The summed E-state index contributed by atoms with van der Waals surface area (Å²) in [5.41, 5.74) is 4.14. The number of carbonyl (C=O) groups is 2. The standard InChI is InChI=1S/C19H18ClN3O2S/c1-2-23(11-18(24)21-10-13-3-6-15(20)7-4-13)19(25)14-5-8-16-17(9-14)26-12-22-16/h3-9,12H,2,10-11H2,1H3,(H,21,24). The topological polar surface area (TPSA) is 62.3 Å². The number of thiazole rings is 1. The Labute approximate surface area is 160 Å². The molecule has 0 aliphatic carbocycles. The lowest BCUT2D eigenvalue weighted by molar-refractivity contribution is -0.121. The summed E-state index contributed by atoms with van der Waals surface area (Å²) in [6, 6.07) is 12.7. The molecule has 0 fully saturated rings. The zero-order valence-electron chi connectivity index (χ0n) is 14.2. The van der Waals surface area contributed by atoms with E-state index in [0.29, 0.717) is 23.7 Å². The van der Waals surface area contributed by atoms with E-state index in [0.717, 1.165) is 15.8 Å². The molecule has 0 atom stereocenters. The van der Waals surface area contributed by atoms with Crippen LogP contribution in [0.3, 0.4) is 0 Å². The minimum absolute atomic E-state index is 0.0175. The van der Waals surface area contributed by atoms with Gasteiger partial charge in [-0.3, -0.25) is 9.59 Å². The fourth-order valence-electron chi connectivity index (χ4n) is 2.53. The van der Waals surface area contributed by atoms with Crippen molar-refractivity contribution in [1.29, 1.82) is 0 Å². The third kappa shape index (κ3) is 4.39. The highest BCUT2D eigenvalue weighted by molar-refractivity contribution is 7.16. The van der Waals surface area contributed by atoms with Crippen LogP contribution < -0.4 is 5.32 Å². The molecular weight excluding hydrogens is 370 g/mol. The monoisotopic (exact) mass is 387 g/mol. The lowest BCUT2D eigenvalue weighted by atomic mass is 10.2. The molecule has 7 heteroatoms. The van der Waals surface area contributed by atoms with Gasteiger partial charge in [0.2, 0.25) is 5.91 Å². The van der Waals surface area contributed by atoms with E-state index < -0.39 is 0 Å². The largest absolute Gasteiger partial charge is 0.350 e. The van der Waals surface area contributed by atoms with Crippen LogP contribution in [0.4, 0.5) is 0 Å². The van der Waals surface area contributed by atoms with E-state index in [1.54, 1.807) is 23.7 Å². The maximum atomic E-state index is 12.7. The molecule has 26 heavy (non-hydrogen) atoms. The molecule has 0 aliphatic heterocycles. The Morgan fingerprint density at radius 2 is 1.96 bits per heavy atom. The minimum atomic E-state index is -0.200. The zero-order chi connectivity index (χ0) is 18.5. The molecule has 2 amide bonds. The van der Waals surface area contributed by atoms with Crippen molar-refractivity contribution in [3.8, 4) is 0 Å². The van der Waals surface area contributed by atoms with Crippen molar-refractivity contribution in [3.63, 3.8) is 0 Å². The Morgan fingerprint density at radius 1 is 1.19 bits per heavy atom. The van der Waals surface area contributed by atoms with Crippen LogP contribution >= 0.6 is 22.9 Å². The second-order valence-corrected chi connectivity index (χ2v) is 7.08. The second kappa shape index (κ2) is 8.29. The van der Waals surface area contributed by atoms with Crippen LogP contribution in [-0.2, 0) is 11.3 Å². The fourth-order valence-corrected chi connectivity index (χ4v) is 3.37. The van der Waals surface area contributed by atoms with Gasteiger partial charge < -0.3 is 10.2 Å². The lowest BCUT2D eigenvalue weighted by Gasteiger charge is -2.20. The Kier molecular flexibility index (Phi) is 5.85. The van der Waals surface area contributed by atoms with Gasteiger partial charge in [-0.25, -0.2) is 4.98 Å². The maximum Gasteiger partial charge on any atom is 0.254 e. The fraction of sp³-hybridized carbons (Fsp3) is 0.211.